The molecule has 4 heteroatoms. The molecule has 0 aliphatic carbocycles. The fourth-order valence-electron chi connectivity index (χ4n) is 0. The molecule has 0 heterocycles. The molecule has 0 bridgehead atoms. The van der Waals surface area contributed by atoms with Crippen LogP contribution in [0.2, 0.25) is 0 Å². The molecule has 0 atom stereocenters. The minimum Gasteiger partial charge on any atom is -2.00 e. The Labute approximate surface area is 73.9 Å². The first-order valence-corrected chi connectivity index (χ1v) is 0. The molecule has 0 fully saturated rings. The Hall–Kier alpha value is 2.18. The van der Waals surface area contributed by atoms with E-state index in [1.807, 2.05) is 0 Å². The monoisotopic (exact) mass is 270 g/mol. The van der Waals surface area contributed by atoms with Gasteiger partial charge in [-0.3, -0.25) is 0 Å². The van der Waals surface area contributed by atoms with Crippen molar-refractivity contribution in [3.63, 3.8) is 0 Å². The zero-order valence-electron chi connectivity index (χ0n) is 1.67. The fraction of sp³-hybridized carbons (Fsp3) is 0. The van der Waals surface area contributed by atoms with E-state index >= 15 is 0 Å². The van der Waals surface area contributed by atoms with Crippen molar-refractivity contribution >= 4 is 0 Å². The zero-order chi connectivity index (χ0) is 0. The van der Waals surface area contributed by atoms with Crippen LogP contribution in [0.5, 0.6) is 0 Å². The van der Waals surface area contributed by atoms with Crippen LogP contribution in [0.15, 0.2) is 0 Å². The second kappa shape index (κ2) is 19.0. The molecule has 0 amide bonds. The summed E-state index contributed by atoms with van der Waals surface area (Å²) in [5.74, 6) is 0. The maximum atomic E-state index is 0. The topological polar surface area (TPSA) is 28.5 Å². The molecule has 0 saturated heterocycles. The molecule has 0 unspecified atom stereocenters. The first-order valence-electron chi connectivity index (χ1n) is 0. The van der Waals surface area contributed by atoms with E-state index in [9.17, 15) is 0 Å². The van der Waals surface area contributed by atoms with Gasteiger partial charge in [-0.2, -0.15) is 0 Å². The van der Waals surface area contributed by atoms with Crippen molar-refractivity contribution in [3.05, 3.63) is 0 Å². The normalized spacial score (nSPS) is 0. The quantitative estimate of drug-likeness (QED) is 0.549. The van der Waals surface area contributed by atoms with E-state index in [2.05, 4.69) is 0 Å². The summed E-state index contributed by atoms with van der Waals surface area (Å²) >= 11 is 0. The summed E-state index contributed by atoms with van der Waals surface area (Å²) < 4.78 is 0. The first kappa shape index (κ1) is 34.9. The average Bonchev–Trinajstić information content (AvgIpc) is 0. The van der Waals surface area contributed by atoms with Crippen molar-refractivity contribution < 1.29 is 74.9 Å². The molecular formula is CoFeLaO. The smallest absolute Gasteiger partial charge is 2.00 e. The number of rotatable bonds is 0. The summed E-state index contributed by atoms with van der Waals surface area (Å²) in [6, 6.07) is 0. The molecule has 0 aromatic rings. The third-order valence-corrected chi connectivity index (χ3v) is 0. The molecule has 0 aromatic heterocycles. The summed E-state index contributed by atoms with van der Waals surface area (Å²) in [4.78, 5) is 0. The van der Waals surface area contributed by atoms with E-state index in [0.717, 1.165) is 0 Å². The number of hydrogen-bond acceptors (Lipinski definition) is 0. The van der Waals surface area contributed by atoms with Crippen molar-refractivity contribution in [2.75, 3.05) is 0 Å². The Morgan fingerprint density at radius 3 is 1.00 bits per heavy atom. The maximum absolute atomic E-state index is 0. The van der Waals surface area contributed by atoms with Gasteiger partial charge in [0, 0.05) is 52.7 Å². The van der Waals surface area contributed by atoms with Crippen LogP contribution in [-0.2, 0) is 39.3 Å². The van der Waals surface area contributed by atoms with Crippen molar-refractivity contribution in [1.29, 1.82) is 0 Å². The molecule has 0 N–H and O–H groups in total. The largest absolute Gasteiger partial charge is 2.00 e. The van der Waals surface area contributed by atoms with Crippen LogP contribution in [0, 0.1) is 35.6 Å². The van der Waals surface area contributed by atoms with Gasteiger partial charge in [0.2, 0.25) is 0 Å². The van der Waals surface area contributed by atoms with Gasteiger partial charge in [0.15, 0.2) is 0 Å². The van der Waals surface area contributed by atoms with Crippen molar-refractivity contribution in [2.24, 2.45) is 0 Å². The molecule has 4 heavy (non-hydrogen) atoms. The van der Waals surface area contributed by atoms with Crippen LogP contribution in [0.1, 0.15) is 0 Å². The van der Waals surface area contributed by atoms with Crippen LogP contribution < -0.4 is 0 Å². The maximum Gasteiger partial charge on any atom is 2.00 e. The molecular weight excluding hydrogens is 270 g/mol. The average molecular weight is 270 g/mol. The fourth-order valence-corrected chi connectivity index (χ4v) is 0. The van der Waals surface area contributed by atoms with Crippen molar-refractivity contribution in [3.8, 4) is 0 Å². The Morgan fingerprint density at radius 2 is 1.00 bits per heavy atom. The molecule has 0 aliphatic rings. The van der Waals surface area contributed by atoms with Crippen LogP contribution in [0.3, 0.4) is 0 Å². The van der Waals surface area contributed by atoms with Gasteiger partial charge in [0.05, 0.1) is 0 Å². The summed E-state index contributed by atoms with van der Waals surface area (Å²) in [6.45, 7) is 0. The van der Waals surface area contributed by atoms with Gasteiger partial charge in [0.1, 0.15) is 0 Å². The minimum absolute atomic E-state index is 0. The van der Waals surface area contributed by atoms with Gasteiger partial charge in [-0.05, 0) is 0 Å². The van der Waals surface area contributed by atoms with E-state index in [4.69, 9.17) is 0 Å². The Bertz CT molecular complexity index is 8.00. The predicted molar refractivity (Wildman–Crippen MR) is 0.686 cm³/mol. The molecule has 0 rings (SSSR count). The van der Waals surface area contributed by atoms with Crippen LogP contribution in [0.25, 0.3) is 0 Å². The summed E-state index contributed by atoms with van der Waals surface area (Å²) in [5, 5.41) is 0. The van der Waals surface area contributed by atoms with Crippen molar-refractivity contribution in [2.45, 2.75) is 0 Å². The molecule has 0 saturated carbocycles. The zero-order valence-corrected chi connectivity index (χ0v) is 7.44. The van der Waals surface area contributed by atoms with Crippen LogP contribution >= 0.6 is 0 Å². The Morgan fingerprint density at radius 1 is 1.00 bits per heavy atom. The second-order valence-electron chi connectivity index (χ2n) is 0. The molecule has 0 aliphatic heterocycles. The molecule has 2 radical (unpaired) electrons. The standard InChI is InChI=1S/Co.Fe.La.O/q+2;;;-2. The second-order valence-corrected chi connectivity index (χ2v) is 0. The van der Waals surface area contributed by atoms with Crippen LogP contribution in [0.4, 0.5) is 0 Å². The van der Waals surface area contributed by atoms with E-state index in [-0.39, 0.29) is 74.9 Å². The van der Waals surface area contributed by atoms with Gasteiger partial charge in [-0.1, -0.05) is 0 Å². The van der Waals surface area contributed by atoms with Gasteiger partial charge in [0.25, 0.3) is 0 Å². The van der Waals surface area contributed by atoms with Crippen molar-refractivity contribution in [1.82, 2.24) is 0 Å². The van der Waals surface area contributed by atoms with E-state index < -0.39 is 0 Å². The molecule has 26 valence electrons. The van der Waals surface area contributed by atoms with Gasteiger partial charge in [-0.25, -0.2) is 0 Å². The summed E-state index contributed by atoms with van der Waals surface area (Å²) in [7, 11) is 0. The Balaban J connectivity index is 0. The number of hydrogen-bond donors (Lipinski definition) is 0. The molecule has 0 spiro atoms. The van der Waals surface area contributed by atoms with Crippen LogP contribution in [-0.4, -0.2) is 0 Å². The van der Waals surface area contributed by atoms with Gasteiger partial charge >= 0.3 is 16.8 Å². The van der Waals surface area contributed by atoms with Gasteiger partial charge < -0.3 is 5.48 Å². The molecule has 1 nitrogen and oxygen atoms in total. The molecule has 0 aromatic carbocycles. The van der Waals surface area contributed by atoms with E-state index in [0.29, 0.717) is 0 Å². The van der Waals surface area contributed by atoms with Gasteiger partial charge in [-0.15, -0.1) is 0 Å². The summed E-state index contributed by atoms with van der Waals surface area (Å²) in [6.07, 6.45) is 0. The van der Waals surface area contributed by atoms with E-state index in [1.54, 1.807) is 0 Å². The van der Waals surface area contributed by atoms with E-state index in [1.165, 1.54) is 0 Å². The third-order valence-electron chi connectivity index (χ3n) is 0. The SMILES string of the molecule is [Co+2].[Fe].[La].[O-2]. The minimum atomic E-state index is 0. The predicted octanol–water partition coefficient (Wildman–Crippen LogP) is -0.124. The first-order chi connectivity index (χ1) is 0. The third kappa shape index (κ3) is 8.89. The summed E-state index contributed by atoms with van der Waals surface area (Å²) in [5.41, 5.74) is 0. The Kier molecular flexibility index (Phi) is 166.